The third kappa shape index (κ3) is 6.89. The molecule has 4 saturated heterocycles. The molecule has 56 heavy (non-hydrogen) atoms. The molecule has 4 fully saturated rings. The van der Waals surface area contributed by atoms with Crippen LogP contribution in [0.15, 0.2) is 97.1 Å². The predicted octanol–water partition coefficient (Wildman–Crippen LogP) is 8.39. The van der Waals surface area contributed by atoms with Crippen molar-refractivity contribution in [2.45, 2.75) is 112 Å². The maximum atomic E-state index is 13.6. The van der Waals surface area contributed by atoms with Crippen molar-refractivity contribution in [1.29, 1.82) is 0 Å². The van der Waals surface area contributed by atoms with E-state index in [1.807, 2.05) is 26.0 Å². The molecule has 8 heteroatoms. The number of hydrogen-bond donors (Lipinski definition) is 2. The topological polar surface area (TPSA) is 93.1 Å². The smallest absolute Gasteiger partial charge is 0.313 e. The number of nitrogens with zero attached hydrogens (tertiary/aromatic N) is 2. The molecule has 0 radical (unpaired) electrons. The highest BCUT2D eigenvalue weighted by Gasteiger charge is 2.57. The molecule has 4 bridgehead atoms. The number of ether oxygens (including phenoxy) is 2. The third-order valence-electron chi connectivity index (χ3n) is 14.7. The SMILES string of the molecule is CC(C(=O)O[C@H]1C[C@H]2CC[C@H](C1c1ccc(-c3ccc(C4[C@H]5CC[C@@H](C[C@H]4OC(=O)C(C)c4cccc(O)c4)[N+]5(C)C)cc3)cc1)[N+]2(C)C)c1cccc(O)c1. The summed E-state index contributed by atoms with van der Waals surface area (Å²) in [7, 11) is 9.32. The van der Waals surface area contributed by atoms with Gasteiger partial charge >= 0.3 is 11.9 Å². The summed E-state index contributed by atoms with van der Waals surface area (Å²) in [4.78, 5) is 27.2. The van der Waals surface area contributed by atoms with Gasteiger partial charge in [-0.3, -0.25) is 9.59 Å². The van der Waals surface area contributed by atoms with E-state index in [1.54, 1.807) is 36.4 Å². The molecule has 0 spiro atoms. The van der Waals surface area contributed by atoms with E-state index in [2.05, 4.69) is 76.7 Å². The van der Waals surface area contributed by atoms with Crippen LogP contribution in [0.25, 0.3) is 11.1 Å². The van der Waals surface area contributed by atoms with Gasteiger partial charge in [-0.2, -0.15) is 0 Å². The van der Waals surface area contributed by atoms with Crippen LogP contribution in [0.5, 0.6) is 11.5 Å². The lowest BCUT2D eigenvalue weighted by atomic mass is 9.79. The number of phenolic OH excluding ortho intramolecular Hbond substituents is 2. The molecule has 8 nitrogen and oxygen atoms in total. The minimum absolute atomic E-state index is 0.0819. The number of aromatic hydroxyl groups is 2. The van der Waals surface area contributed by atoms with E-state index in [9.17, 15) is 19.8 Å². The maximum absolute atomic E-state index is 13.6. The monoisotopic (exact) mass is 758 g/mol. The molecule has 10 atom stereocenters. The van der Waals surface area contributed by atoms with Gasteiger partial charge in [0, 0.05) is 38.5 Å². The van der Waals surface area contributed by atoms with Gasteiger partial charge < -0.3 is 28.7 Å². The fraction of sp³-hybridized carbons (Fsp3) is 0.458. The van der Waals surface area contributed by atoms with E-state index in [4.69, 9.17) is 9.47 Å². The first-order valence-electron chi connectivity index (χ1n) is 20.6. The van der Waals surface area contributed by atoms with E-state index in [1.165, 1.54) is 11.1 Å². The van der Waals surface area contributed by atoms with Crippen LogP contribution in [0.3, 0.4) is 0 Å². The minimum Gasteiger partial charge on any atom is -0.508 e. The molecular weight excluding hydrogens is 701 g/mol. The second-order valence-electron chi connectivity index (χ2n) is 18.2. The Labute approximate surface area is 331 Å². The number of hydrogen-bond acceptors (Lipinski definition) is 6. The highest BCUT2D eigenvalue weighted by molar-refractivity contribution is 5.79. The van der Waals surface area contributed by atoms with Gasteiger partial charge in [0.1, 0.15) is 23.7 Å². The highest BCUT2D eigenvalue weighted by atomic mass is 16.5. The highest BCUT2D eigenvalue weighted by Crippen LogP contribution is 2.50. The average molecular weight is 759 g/mol. The van der Waals surface area contributed by atoms with Crippen LogP contribution in [0.1, 0.15) is 98.3 Å². The summed E-state index contributed by atoms with van der Waals surface area (Å²) in [6, 6.07) is 33.1. The Morgan fingerprint density at radius 2 is 0.946 bits per heavy atom. The molecule has 4 heterocycles. The van der Waals surface area contributed by atoms with Gasteiger partial charge in [0.05, 0.1) is 76.0 Å². The van der Waals surface area contributed by atoms with Gasteiger partial charge in [-0.1, -0.05) is 72.8 Å². The summed E-state index contributed by atoms with van der Waals surface area (Å²) in [6.45, 7) is 3.71. The van der Waals surface area contributed by atoms with Crippen LogP contribution in [-0.2, 0) is 19.1 Å². The first kappa shape index (κ1) is 38.2. The number of benzene rings is 4. The number of esters is 2. The van der Waals surface area contributed by atoms with Crippen molar-refractivity contribution in [3.8, 4) is 22.6 Å². The fourth-order valence-corrected chi connectivity index (χ4v) is 11.2. The van der Waals surface area contributed by atoms with Crippen molar-refractivity contribution in [1.82, 2.24) is 0 Å². The van der Waals surface area contributed by atoms with E-state index in [0.717, 1.165) is 69.7 Å². The van der Waals surface area contributed by atoms with E-state index >= 15 is 0 Å². The quantitative estimate of drug-likeness (QED) is 0.132. The Kier molecular flexibility index (Phi) is 10.0. The standard InChI is InChI=1S/C48H56N2O6/c1-29(35-9-7-11-39(51)25-35)47(53)55-43-27-37-21-23-41(49(37,3)4)45(43)33-17-13-31(14-18-33)32-15-19-34(20-16-32)46-42-24-22-38(50(42,5)6)28-44(46)56-48(54)30(2)36-10-8-12-40(52)26-36/h7-20,25-26,29-30,37-38,41-46H,21-24,27-28H2,1-6H3/p+2/t29?,30?,37-,38+,41-,42-,43+,44-,45?,46?/m1/s1. The first-order valence-corrected chi connectivity index (χ1v) is 20.6. The Bertz CT molecular complexity index is 1930. The van der Waals surface area contributed by atoms with Gasteiger partial charge in [-0.15, -0.1) is 0 Å². The van der Waals surface area contributed by atoms with Crippen molar-refractivity contribution in [2.75, 3.05) is 28.2 Å². The molecule has 4 aliphatic heterocycles. The predicted molar refractivity (Wildman–Crippen MR) is 217 cm³/mol. The Balaban J connectivity index is 1.02. The molecule has 4 aromatic rings. The summed E-state index contributed by atoms with van der Waals surface area (Å²) in [5.41, 5.74) is 6.17. The van der Waals surface area contributed by atoms with Crippen LogP contribution in [0, 0.1) is 0 Å². The molecule has 294 valence electrons. The fourth-order valence-electron chi connectivity index (χ4n) is 11.2. The summed E-state index contributed by atoms with van der Waals surface area (Å²) in [5, 5.41) is 20.1. The second-order valence-corrected chi connectivity index (χ2v) is 18.2. The zero-order valence-corrected chi connectivity index (χ0v) is 33.7. The van der Waals surface area contributed by atoms with Crippen molar-refractivity contribution in [2.24, 2.45) is 0 Å². The number of rotatable bonds is 9. The number of fused-ring (bicyclic) bond motifs is 4. The van der Waals surface area contributed by atoms with E-state index in [-0.39, 0.29) is 47.5 Å². The molecular formula is C48H58N2O6+2. The first-order chi connectivity index (χ1) is 26.7. The van der Waals surface area contributed by atoms with Crippen LogP contribution in [-0.4, -0.2) is 95.7 Å². The minimum atomic E-state index is -0.473. The molecule has 0 amide bonds. The lowest BCUT2D eigenvalue weighted by molar-refractivity contribution is -0.933. The van der Waals surface area contributed by atoms with E-state index < -0.39 is 11.8 Å². The Morgan fingerprint density at radius 3 is 1.30 bits per heavy atom. The number of likely N-dealkylation sites (N-methyl/N-ethyl adjacent to an activating group) is 2. The summed E-state index contributed by atoms with van der Waals surface area (Å²) in [6.07, 6.45) is 5.70. The van der Waals surface area contributed by atoms with Gasteiger partial charge in [0.2, 0.25) is 0 Å². The lowest BCUT2D eigenvalue weighted by Crippen LogP contribution is -2.59. The Morgan fingerprint density at radius 1 is 0.571 bits per heavy atom. The van der Waals surface area contributed by atoms with Crippen LogP contribution < -0.4 is 0 Å². The van der Waals surface area contributed by atoms with Gasteiger partial charge in [-0.05, 0) is 71.5 Å². The molecule has 0 saturated carbocycles. The number of piperidine rings is 2. The van der Waals surface area contributed by atoms with Crippen molar-refractivity contribution >= 4 is 11.9 Å². The zero-order chi connectivity index (χ0) is 39.5. The largest absolute Gasteiger partial charge is 0.508 e. The van der Waals surface area contributed by atoms with E-state index in [0.29, 0.717) is 24.2 Å². The summed E-state index contributed by atoms with van der Waals surface area (Å²) < 4.78 is 14.7. The average Bonchev–Trinajstić information content (AvgIpc) is 3.42. The lowest BCUT2D eigenvalue weighted by Gasteiger charge is -2.48. The molecule has 4 aromatic carbocycles. The molecule has 0 aliphatic carbocycles. The molecule has 4 unspecified atom stereocenters. The van der Waals surface area contributed by atoms with Crippen molar-refractivity contribution < 1.29 is 38.2 Å². The van der Waals surface area contributed by atoms with Gasteiger partial charge in [0.25, 0.3) is 0 Å². The summed E-state index contributed by atoms with van der Waals surface area (Å²) in [5.74, 6) is -0.974. The van der Waals surface area contributed by atoms with Gasteiger partial charge in [0.15, 0.2) is 0 Å². The van der Waals surface area contributed by atoms with Crippen molar-refractivity contribution in [3.63, 3.8) is 0 Å². The summed E-state index contributed by atoms with van der Waals surface area (Å²) >= 11 is 0. The molecule has 4 aliphatic rings. The number of carbonyl (C=O) groups excluding carboxylic acids is 2. The third-order valence-corrected chi connectivity index (χ3v) is 14.7. The maximum Gasteiger partial charge on any atom is 0.313 e. The van der Waals surface area contributed by atoms with Crippen LogP contribution in [0.4, 0.5) is 0 Å². The number of carbonyl (C=O) groups is 2. The molecule has 0 aromatic heterocycles. The van der Waals surface area contributed by atoms with Gasteiger partial charge in [-0.25, -0.2) is 0 Å². The zero-order valence-electron chi connectivity index (χ0n) is 33.7. The van der Waals surface area contributed by atoms with Crippen LogP contribution in [0.2, 0.25) is 0 Å². The van der Waals surface area contributed by atoms with Crippen molar-refractivity contribution in [3.05, 3.63) is 119 Å². The number of quaternary nitrogens is 2. The Hall–Kier alpha value is -4.66. The second kappa shape index (κ2) is 14.7. The molecule has 2 N–H and O–H groups in total. The number of phenols is 2. The molecule has 8 rings (SSSR count). The van der Waals surface area contributed by atoms with Crippen LogP contribution >= 0.6 is 0 Å². The normalized spacial score (nSPS) is 29.6.